The average Bonchev–Trinajstić information content (AvgIpc) is 3.23. The van der Waals surface area contributed by atoms with E-state index in [0.717, 1.165) is 19.1 Å². The Bertz CT molecular complexity index is 415. The van der Waals surface area contributed by atoms with Gasteiger partial charge in [-0.05, 0) is 63.4 Å². The summed E-state index contributed by atoms with van der Waals surface area (Å²) in [5.41, 5.74) is 2.82. The molecule has 0 aromatic heterocycles. The molecule has 19 heavy (non-hydrogen) atoms. The molecular formula is C16H25BrN2. The number of rotatable bonds is 7. The largest absolute Gasteiger partial charge is 0.369 e. The van der Waals surface area contributed by atoms with Crippen LogP contribution < -0.4 is 10.2 Å². The summed E-state index contributed by atoms with van der Waals surface area (Å²) in [5, 5.41) is 3.61. The lowest BCUT2D eigenvalue weighted by Crippen LogP contribution is -2.28. The molecule has 1 aliphatic carbocycles. The van der Waals surface area contributed by atoms with Crippen molar-refractivity contribution in [3.63, 3.8) is 0 Å². The summed E-state index contributed by atoms with van der Waals surface area (Å²) >= 11 is 3.61. The van der Waals surface area contributed by atoms with Crippen molar-refractivity contribution >= 4 is 21.6 Å². The van der Waals surface area contributed by atoms with Gasteiger partial charge in [-0.2, -0.15) is 0 Å². The minimum absolute atomic E-state index is 0.403. The molecule has 1 unspecified atom stereocenters. The maximum atomic E-state index is 3.61. The Hall–Kier alpha value is -0.540. The number of halogens is 1. The zero-order valence-electron chi connectivity index (χ0n) is 12.2. The van der Waals surface area contributed by atoms with Crippen molar-refractivity contribution in [1.82, 2.24) is 5.32 Å². The van der Waals surface area contributed by atoms with E-state index in [1.807, 2.05) is 0 Å². The molecule has 1 aliphatic rings. The second-order valence-electron chi connectivity index (χ2n) is 5.40. The summed E-state index contributed by atoms with van der Waals surface area (Å²) in [6, 6.07) is 7.87. The maximum Gasteiger partial charge on any atom is 0.0417 e. The van der Waals surface area contributed by atoms with Gasteiger partial charge in [-0.3, -0.25) is 0 Å². The SMILES string of the molecule is CCCNC(C)c1cc(Br)ccc1N(CC)C1CC1. The van der Waals surface area contributed by atoms with Gasteiger partial charge in [0, 0.05) is 28.8 Å². The first kappa shape index (κ1) is 14.9. The van der Waals surface area contributed by atoms with Crippen molar-refractivity contribution in [1.29, 1.82) is 0 Å². The third-order valence-corrected chi connectivity index (χ3v) is 4.29. The number of nitrogens with zero attached hydrogens (tertiary/aromatic N) is 1. The van der Waals surface area contributed by atoms with E-state index < -0.39 is 0 Å². The lowest BCUT2D eigenvalue weighted by Gasteiger charge is -2.28. The van der Waals surface area contributed by atoms with Gasteiger partial charge in [0.25, 0.3) is 0 Å². The fraction of sp³-hybridized carbons (Fsp3) is 0.625. The van der Waals surface area contributed by atoms with Crippen LogP contribution in [0.25, 0.3) is 0 Å². The Labute approximate surface area is 125 Å². The molecule has 1 aromatic rings. The fourth-order valence-corrected chi connectivity index (χ4v) is 2.99. The maximum absolute atomic E-state index is 3.61. The number of anilines is 1. The van der Waals surface area contributed by atoms with Crippen molar-refractivity contribution in [3.8, 4) is 0 Å². The quantitative estimate of drug-likeness (QED) is 0.794. The Balaban J connectivity index is 2.25. The van der Waals surface area contributed by atoms with Gasteiger partial charge in [0.15, 0.2) is 0 Å². The fourth-order valence-electron chi connectivity index (χ4n) is 2.62. The zero-order chi connectivity index (χ0) is 13.8. The van der Waals surface area contributed by atoms with E-state index in [4.69, 9.17) is 0 Å². The van der Waals surface area contributed by atoms with Crippen molar-refractivity contribution < 1.29 is 0 Å². The third-order valence-electron chi connectivity index (χ3n) is 3.79. The molecule has 0 radical (unpaired) electrons. The van der Waals surface area contributed by atoms with E-state index in [0.29, 0.717) is 6.04 Å². The molecule has 106 valence electrons. The third kappa shape index (κ3) is 3.73. The molecule has 1 fully saturated rings. The molecule has 1 aromatic carbocycles. The summed E-state index contributed by atoms with van der Waals surface area (Å²) in [7, 11) is 0. The van der Waals surface area contributed by atoms with E-state index in [-0.39, 0.29) is 0 Å². The van der Waals surface area contributed by atoms with Crippen LogP contribution in [0.5, 0.6) is 0 Å². The summed E-state index contributed by atoms with van der Waals surface area (Å²) in [6.45, 7) is 8.91. The number of nitrogens with one attached hydrogen (secondary N) is 1. The number of hydrogen-bond donors (Lipinski definition) is 1. The zero-order valence-corrected chi connectivity index (χ0v) is 13.8. The normalized spacial score (nSPS) is 16.4. The summed E-state index contributed by atoms with van der Waals surface area (Å²) in [6.07, 6.45) is 3.87. The van der Waals surface area contributed by atoms with Gasteiger partial charge in [0.1, 0.15) is 0 Å². The molecule has 0 saturated heterocycles. The van der Waals surface area contributed by atoms with Gasteiger partial charge >= 0.3 is 0 Å². The summed E-state index contributed by atoms with van der Waals surface area (Å²) < 4.78 is 1.17. The van der Waals surface area contributed by atoms with Gasteiger partial charge in [0.2, 0.25) is 0 Å². The van der Waals surface area contributed by atoms with Crippen LogP contribution >= 0.6 is 15.9 Å². The van der Waals surface area contributed by atoms with E-state index in [1.54, 1.807) is 0 Å². The topological polar surface area (TPSA) is 15.3 Å². The Morgan fingerprint density at radius 2 is 2.11 bits per heavy atom. The molecule has 0 spiro atoms. The van der Waals surface area contributed by atoms with Gasteiger partial charge in [-0.25, -0.2) is 0 Å². The van der Waals surface area contributed by atoms with Crippen molar-refractivity contribution in [2.45, 2.75) is 52.1 Å². The van der Waals surface area contributed by atoms with Crippen LogP contribution in [0.3, 0.4) is 0 Å². The highest BCUT2D eigenvalue weighted by Gasteiger charge is 2.29. The van der Waals surface area contributed by atoms with Crippen molar-refractivity contribution in [2.24, 2.45) is 0 Å². The molecule has 1 saturated carbocycles. The van der Waals surface area contributed by atoms with E-state index in [2.05, 4.69) is 65.1 Å². The lowest BCUT2D eigenvalue weighted by atomic mass is 10.0. The highest BCUT2D eigenvalue weighted by molar-refractivity contribution is 9.10. The molecule has 0 bridgehead atoms. The predicted octanol–water partition coefficient (Wildman–Crippen LogP) is 4.50. The van der Waals surface area contributed by atoms with Crippen LogP contribution in [0.1, 0.15) is 51.6 Å². The Morgan fingerprint density at radius 3 is 2.68 bits per heavy atom. The van der Waals surface area contributed by atoms with Gasteiger partial charge in [-0.1, -0.05) is 22.9 Å². The van der Waals surface area contributed by atoms with E-state index in [9.17, 15) is 0 Å². The number of hydrogen-bond acceptors (Lipinski definition) is 2. The van der Waals surface area contributed by atoms with Crippen molar-refractivity contribution in [3.05, 3.63) is 28.2 Å². The van der Waals surface area contributed by atoms with Crippen LogP contribution in [0.4, 0.5) is 5.69 Å². The molecule has 2 rings (SSSR count). The molecule has 0 heterocycles. The van der Waals surface area contributed by atoms with E-state index in [1.165, 1.54) is 35.0 Å². The molecule has 2 nitrogen and oxygen atoms in total. The second kappa shape index (κ2) is 6.76. The molecule has 0 aliphatic heterocycles. The smallest absolute Gasteiger partial charge is 0.0417 e. The van der Waals surface area contributed by atoms with E-state index >= 15 is 0 Å². The Morgan fingerprint density at radius 1 is 1.37 bits per heavy atom. The molecule has 0 amide bonds. The highest BCUT2D eigenvalue weighted by Crippen LogP contribution is 2.36. The first-order valence-corrected chi connectivity index (χ1v) is 8.26. The molecule has 1 atom stereocenters. The molecule has 3 heteroatoms. The van der Waals surface area contributed by atoms with Crippen LogP contribution in [0.15, 0.2) is 22.7 Å². The first-order chi connectivity index (χ1) is 9.17. The summed E-state index contributed by atoms with van der Waals surface area (Å²) in [5.74, 6) is 0. The minimum atomic E-state index is 0.403. The van der Waals surface area contributed by atoms with Gasteiger partial charge in [0.05, 0.1) is 0 Å². The lowest BCUT2D eigenvalue weighted by molar-refractivity contribution is 0.568. The van der Waals surface area contributed by atoms with Crippen LogP contribution in [0, 0.1) is 0 Å². The van der Waals surface area contributed by atoms with Gasteiger partial charge in [-0.15, -0.1) is 0 Å². The van der Waals surface area contributed by atoms with Crippen LogP contribution in [0.2, 0.25) is 0 Å². The standard InChI is InChI=1S/C16H25BrN2/c1-4-10-18-12(3)15-11-13(17)6-9-16(15)19(5-2)14-7-8-14/h6,9,11-12,14,18H,4-5,7-8,10H2,1-3H3. The average molecular weight is 325 g/mol. The van der Waals surface area contributed by atoms with Gasteiger partial charge < -0.3 is 10.2 Å². The monoisotopic (exact) mass is 324 g/mol. The van der Waals surface area contributed by atoms with Crippen LogP contribution in [-0.4, -0.2) is 19.1 Å². The minimum Gasteiger partial charge on any atom is -0.369 e. The highest BCUT2D eigenvalue weighted by atomic mass is 79.9. The Kier molecular flexibility index (Phi) is 5.28. The molecular weight excluding hydrogens is 300 g/mol. The molecule has 1 N–H and O–H groups in total. The second-order valence-corrected chi connectivity index (χ2v) is 6.31. The predicted molar refractivity (Wildman–Crippen MR) is 86.9 cm³/mol. The number of benzene rings is 1. The van der Waals surface area contributed by atoms with Crippen LogP contribution in [-0.2, 0) is 0 Å². The first-order valence-electron chi connectivity index (χ1n) is 7.46. The van der Waals surface area contributed by atoms with Crippen molar-refractivity contribution in [2.75, 3.05) is 18.0 Å². The summed E-state index contributed by atoms with van der Waals surface area (Å²) in [4.78, 5) is 2.56.